The number of methoxy groups -OCH3 is 1. The fourth-order valence-corrected chi connectivity index (χ4v) is 2.50. The molecule has 0 bridgehead atoms. The minimum Gasteiger partial charge on any atom is -0.507 e. The summed E-state index contributed by atoms with van der Waals surface area (Å²) >= 11 is 0. The molecule has 0 heterocycles. The Morgan fingerprint density at radius 3 is 2.00 bits per heavy atom. The molecule has 2 heteroatoms. The highest BCUT2D eigenvalue weighted by Crippen LogP contribution is 2.25. The molecule has 2 nitrogen and oxygen atoms in total. The summed E-state index contributed by atoms with van der Waals surface area (Å²) in [7, 11) is 1.70. The van der Waals surface area contributed by atoms with E-state index < -0.39 is 0 Å². The van der Waals surface area contributed by atoms with Gasteiger partial charge in [-0.3, -0.25) is 0 Å². The van der Waals surface area contributed by atoms with Crippen molar-refractivity contribution < 1.29 is 9.84 Å². The molecule has 27 heavy (non-hydrogen) atoms. The van der Waals surface area contributed by atoms with Gasteiger partial charge in [0.25, 0.3) is 0 Å². The number of phenols is 1. The summed E-state index contributed by atoms with van der Waals surface area (Å²) in [5, 5.41) is 9.19. The fourth-order valence-electron chi connectivity index (χ4n) is 2.50. The minimum absolute atomic E-state index is 0.334. The second kappa shape index (κ2) is 12.4. The van der Waals surface area contributed by atoms with Crippen molar-refractivity contribution in [1.29, 1.82) is 0 Å². The van der Waals surface area contributed by atoms with Gasteiger partial charge in [0.1, 0.15) is 11.5 Å². The number of hydrogen-bond donors (Lipinski definition) is 1. The van der Waals surface area contributed by atoms with Crippen molar-refractivity contribution in [2.24, 2.45) is 0 Å². The third-order valence-electron chi connectivity index (χ3n) is 3.78. The van der Waals surface area contributed by atoms with Crippen molar-refractivity contribution >= 4 is 6.08 Å². The summed E-state index contributed by atoms with van der Waals surface area (Å²) < 4.78 is 5.24. The summed E-state index contributed by atoms with van der Waals surface area (Å²) in [4.78, 5) is 0. The highest BCUT2D eigenvalue weighted by atomic mass is 16.5. The van der Waals surface area contributed by atoms with E-state index in [2.05, 4.69) is 43.3 Å². The van der Waals surface area contributed by atoms with Gasteiger partial charge in [0, 0.05) is 5.56 Å². The monoisotopic (exact) mass is 362 g/mol. The molecular formula is C25H30O2. The first kappa shape index (κ1) is 22.0. The standard InChI is InChI=1S/C14H14O.C9H10O.C2H6/c1-11-10-13(8-9-14(11)15-2)12-6-4-3-5-7-12;1-2-5-8-6-3-4-7-9(8)10;1-2/h3-10H,1-2H3;2-7,10H,1H3;1-2H3/b;5-2-;. The molecule has 3 rings (SSSR count). The van der Waals surface area contributed by atoms with Crippen LogP contribution in [-0.4, -0.2) is 12.2 Å². The van der Waals surface area contributed by atoms with Crippen LogP contribution in [0.2, 0.25) is 0 Å². The number of rotatable bonds is 3. The maximum absolute atomic E-state index is 9.19. The lowest BCUT2D eigenvalue weighted by Gasteiger charge is -2.07. The third kappa shape index (κ3) is 7.02. The predicted molar refractivity (Wildman–Crippen MR) is 117 cm³/mol. The zero-order valence-electron chi connectivity index (χ0n) is 16.9. The molecule has 0 fully saturated rings. The van der Waals surface area contributed by atoms with E-state index in [0.717, 1.165) is 11.3 Å². The molecule has 0 amide bonds. The molecule has 0 spiro atoms. The number of aromatic hydroxyl groups is 1. The lowest BCUT2D eigenvalue weighted by Crippen LogP contribution is -1.87. The number of hydrogen-bond acceptors (Lipinski definition) is 2. The van der Waals surface area contributed by atoms with Gasteiger partial charge < -0.3 is 9.84 Å². The lowest BCUT2D eigenvalue weighted by atomic mass is 10.0. The highest BCUT2D eigenvalue weighted by Gasteiger charge is 2.01. The van der Waals surface area contributed by atoms with Crippen LogP contribution in [0.15, 0.2) is 78.9 Å². The first-order valence-corrected chi connectivity index (χ1v) is 9.26. The number of para-hydroxylation sites is 1. The van der Waals surface area contributed by atoms with Crippen LogP contribution in [0, 0.1) is 6.92 Å². The Morgan fingerprint density at radius 1 is 0.815 bits per heavy atom. The lowest BCUT2D eigenvalue weighted by molar-refractivity contribution is 0.412. The molecule has 0 unspecified atom stereocenters. The highest BCUT2D eigenvalue weighted by molar-refractivity contribution is 5.65. The Labute approximate surface area is 163 Å². The zero-order chi connectivity index (χ0) is 20.1. The van der Waals surface area contributed by atoms with Gasteiger partial charge in [-0.1, -0.05) is 80.6 Å². The van der Waals surface area contributed by atoms with Crippen LogP contribution in [0.25, 0.3) is 17.2 Å². The minimum atomic E-state index is 0.334. The molecule has 0 saturated carbocycles. The number of aryl methyl sites for hydroxylation is 1. The van der Waals surface area contributed by atoms with Gasteiger partial charge >= 0.3 is 0 Å². The Balaban J connectivity index is 0.000000265. The average molecular weight is 363 g/mol. The van der Waals surface area contributed by atoms with Crippen LogP contribution in [-0.2, 0) is 0 Å². The van der Waals surface area contributed by atoms with Crippen molar-refractivity contribution in [1.82, 2.24) is 0 Å². The number of benzene rings is 3. The number of ether oxygens (including phenoxy) is 1. The van der Waals surface area contributed by atoms with Gasteiger partial charge in [0.05, 0.1) is 7.11 Å². The molecule has 0 radical (unpaired) electrons. The zero-order valence-corrected chi connectivity index (χ0v) is 16.9. The topological polar surface area (TPSA) is 29.5 Å². The Morgan fingerprint density at radius 2 is 1.44 bits per heavy atom. The number of phenolic OH excluding ortho intramolecular Hbond substituents is 1. The summed E-state index contributed by atoms with van der Waals surface area (Å²) in [5.41, 5.74) is 4.50. The number of allylic oxidation sites excluding steroid dienone is 1. The predicted octanol–water partition coefficient (Wildman–Crippen LogP) is 7.12. The van der Waals surface area contributed by atoms with Crippen molar-refractivity contribution in [2.45, 2.75) is 27.7 Å². The molecule has 0 saturated heterocycles. The molecule has 0 aliphatic heterocycles. The van der Waals surface area contributed by atoms with Gasteiger partial charge in [0.2, 0.25) is 0 Å². The molecule has 0 aromatic heterocycles. The van der Waals surface area contributed by atoms with E-state index in [0.29, 0.717) is 5.75 Å². The summed E-state index contributed by atoms with van der Waals surface area (Å²) in [5.74, 6) is 1.27. The molecule has 1 N–H and O–H groups in total. The van der Waals surface area contributed by atoms with Crippen LogP contribution in [0.4, 0.5) is 0 Å². The van der Waals surface area contributed by atoms with Crippen LogP contribution in [0.5, 0.6) is 11.5 Å². The smallest absolute Gasteiger partial charge is 0.122 e. The van der Waals surface area contributed by atoms with E-state index in [-0.39, 0.29) is 0 Å². The van der Waals surface area contributed by atoms with Crippen LogP contribution in [0.3, 0.4) is 0 Å². The van der Waals surface area contributed by atoms with Gasteiger partial charge in [-0.15, -0.1) is 0 Å². The summed E-state index contributed by atoms with van der Waals surface area (Å²) in [6.07, 6.45) is 3.77. The second-order valence-corrected chi connectivity index (χ2v) is 5.61. The third-order valence-corrected chi connectivity index (χ3v) is 3.78. The van der Waals surface area contributed by atoms with E-state index in [1.54, 1.807) is 13.2 Å². The van der Waals surface area contributed by atoms with Gasteiger partial charge in [0.15, 0.2) is 0 Å². The SMILES string of the molecule is C/C=C\c1ccccc1O.CC.COc1ccc(-c2ccccc2)cc1C. The largest absolute Gasteiger partial charge is 0.507 e. The molecule has 0 atom stereocenters. The van der Waals surface area contributed by atoms with Crippen molar-refractivity contribution in [3.8, 4) is 22.6 Å². The second-order valence-electron chi connectivity index (χ2n) is 5.61. The van der Waals surface area contributed by atoms with Crippen molar-refractivity contribution in [2.75, 3.05) is 7.11 Å². The fraction of sp³-hybridized carbons (Fsp3) is 0.200. The molecule has 3 aromatic rings. The maximum Gasteiger partial charge on any atom is 0.122 e. The van der Waals surface area contributed by atoms with E-state index in [9.17, 15) is 5.11 Å². The first-order valence-electron chi connectivity index (χ1n) is 9.26. The summed E-state index contributed by atoms with van der Waals surface area (Å²) in [6, 6.07) is 23.8. The first-order chi connectivity index (χ1) is 13.2. The normalized spacial score (nSPS) is 9.67. The Hall–Kier alpha value is -3.00. The van der Waals surface area contributed by atoms with Crippen LogP contribution < -0.4 is 4.74 Å². The molecule has 0 aliphatic carbocycles. The van der Waals surface area contributed by atoms with E-state index >= 15 is 0 Å². The quantitative estimate of drug-likeness (QED) is 0.537. The van der Waals surface area contributed by atoms with E-state index in [1.165, 1.54) is 16.7 Å². The average Bonchev–Trinajstić information content (AvgIpc) is 2.72. The van der Waals surface area contributed by atoms with Crippen molar-refractivity contribution in [3.05, 3.63) is 90.0 Å². The van der Waals surface area contributed by atoms with Crippen molar-refractivity contribution in [3.63, 3.8) is 0 Å². The van der Waals surface area contributed by atoms with Gasteiger partial charge in [-0.25, -0.2) is 0 Å². The summed E-state index contributed by atoms with van der Waals surface area (Å²) in [6.45, 7) is 7.98. The molecule has 3 aromatic carbocycles. The van der Waals surface area contributed by atoms with Crippen LogP contribution in [0.1, 0.15) is 31.9 Å². The Kier molecular flexibility index (Phi) is 10.1. The molecule has 0 aliphatic rings. The van der Waals surface area contributed by atoms with Crippen LogP contribution >= 0.6 is 0 Å². The Bertz CT molecular complexity index is 821. The molecular weight excluding hydrogens is 332 g/mol. The van der Waals surface area contributed by atoms with Gasteiger partial charge in [-0.05, 0) is 48.7 Å². The maximum atomic E-state index is 9.19. The molecule has 142 valence electrons. The van der Waals surface area contributed by atoms with Gasteiger partial charge in [-0.2, -0.15) is 0 Å². The van der Waals surface area contributed by atoms with E-state index in [4.69, 9.17) is 4.74 Å². The van der Waals surface area contributed by atoms with E-state index in [1.807, 2.05) is 63.3 Å².